The molecule has 2 aromatic heterocycles. The van der Waals surface area contributed by atoms with E-state index in [4.69, 9.17) is 4.74 Å². The number of carbonyl (C=O) groups is 1. The van der Waals surface area contributed by atoms with Gasteiger partial charge in [0.05, 0.1) is 12.8 Å². The maximum atomic E-state index is 12.7. The lowest BCUT2D eigenvalue weighted by molar-refractivity contribution is 0.102. The van der Waals surface area contributed by atoms with Crippen molar-refractivity contribution in [3.05, 3.63) is 53.8 Å². The van der Waals surface area contributed by atoms with Crippen molar-refractivity contribution in [3.8, 4) is 16.3 Å². The summed E-state index contributed by atoms with van der Waals surface area (Å²) in [7, 11) is 1.62. The standard InChI is InChI=1S/C21H22N4O2S/c1-27-19-12-16(25-10-3-2-4-11-25)7-8-17(19)23-20(26)18-14-28-21(24-18)15-6-5-9-22-13-15/h5-9,12-14H,2-4,10-11H2,1H3,(H,23,26). The summed E-state index contributed by atoms with van der Waals surface area (Å²) < 4.78 is 5.52. The summed E-state index contributed by atoms with van der Waals surface area (Å²) in [6.07, 6.45) is 7.16. The molecule has 6 nitrogen and oxygen atoms in total. The Morgan fingerprint density at radius 1 is 1.21 bits per heavy atom. The minimum absolute atomic E-state index is 0.254. The molecule has 28 heavy (non-hydrogen) atoms. The number of pyridine rings is 1. The van der Waals surface area contributed by atoms with Gasteiger partial charge in [-0.1, -0.05) is 0 Å². The van der Waals surface area contributed by atoms with Crippen LogP contribution in [0.4, 0.5) is 11.4 Å². The van der Waals surface area contributed by atoms with Crippen LogP contribution in [-0.4, -0.2) is 36.1 Å². The molecule has 1 fully saturated rings. The van der Waals surface area contributed by atoms with E-state index in [1.165, 1.54) is 30.6 Å². The van der Waals surface area contributed by atoms with Gasteiger partial charge in [-0.25, -0.2) is 4.98 Å². The minimum Gasteiger partial charge on any atom is -0.494 e. The van der Waals surface area contributed by atoms with Gasteiger partial charge in [-0.3, -0.25) is 9.78 Å². The Hall–Kier alpha value is -2.93. The Morgan fingerprint density at radius 3 is 2.82 bits per heavy atom. The maximum Gasteiger partial charge on any atom is 0.275 e. The monoisotopic (exact) mass is 394 g/mol. The second-order valence-corrected chi connectivity index (χ2v) is 7.52. The Bertz CT molecular complexity index is 952. The van der Waals surface area contributed by atoms with Crippen LogP contribution in [0.2, 0.25) is 0 Å². The van der Waals surface area contributed by atoms with Gasteiger partial charge in [-0.15, -0.1) is 11.3 Å². The second kappa shape index (κ2) is 8.39. The average molecular weight is 395 g/mol. The van der Waals surface area contributed by atoms with Crippen molar-refractivity contribution in [1.82, 2.24) is 9.97 Å². The third-order valence-corrected chi connectivity index (χ3v) is 5.69. The maximum absolute atomic E-state index is 12.7. The van der Waals surface area contributed by atoms with E-state index in [0.29, 0.717) is 17.1 Å². The first-order chi connectivity index (χ1) is 13.7. The van der Waals surface area contributed by atoms with Crippen molar-refractivity contribution in [2.45, 2.75) is 19.3 Å². The zero-order chi connectivity index (χ0) is 19.3. The molecule has 1 N–H and O–H groups in total. The molecule has 1 amide bonds. The summed E-state index contributed by atoms with van der Waals surface area (Å²) in [5, 5.41) is 5.44. The van der Waals surface area contributed by atoms with E-state index < -0.39 is 0 Å². The number of anilines is 2. The van der Waals surface area contributed by atoms with Gasteiger partial charge < -0.3 is 15.0 Å². The lowest BCUT2D eigenvalue weighted by Gasteiger charge is -2.29. The Kier molecular flexibility index (Phi) is 5.53. The van der Waals surface area contributed by atoms with Crippen LogP contribution in [0.25, 0.3) is 10.6 Å². The van der Waals surface area contributed by atoms with Crippen molar-refractivity contribution < 1.29 is 9.53 Å². The molecular weight excluding hydrogens is 372 g/mol. The fourth-order valence-electron chi connectivity index (χ4n) is 3.32. The molecule has 0 saturated carbocycles. The molecule has 7 heteroatoms. The Balaban J connectivity index is 1.50. The molecule has 1 aliphatic heterocycles. The normalized spacial score (nSPS) is 14.0. The third kappa shape index (κ3) is 3.99. The summed E-state index contributed by atoms with van der Waals surface area (Å²) >= 11 is 1.42. The second-order valence-electron chi connectivity index (χ2n) is 6.67. The molecule has 0 radical (unpaired) electrons. The molecule has 0 unspecified atom stereocenters. The molecule has 1 aliphatic rings. The summed E-state index contributed by atoms with van der Waals surface area (Å²) in [4.78, 5) is 23.6. The van der Waals surface area contributed by atoms with Crippen LogP contribution in [0.3, 0.4) is 0 Å². The predicted octanol–water partition coefficient (Wildman–Crippen LogP) is 4.46. The number of hydrogen-bond donors (Lipinski definition) is 1. The van der Waals surface area contributed by atoms with Gasteiger partial charge in [0.25, 0.3) is 5.91 Å². The minimum atomic E-state index is -0.254. The molecule has 1 saturated heterocycles. The van der Waals surface area contributed by atoms with Crippen molar-refractivity contribution in [1.29, 1.82) is 0 Å². The highest BCUT2D eigenvalue weighted by atomic mass is 32.1. The molecular formula is C21H22N4O2S. The summed E-state index contributed by atoms with van der Waals surface area (Å²) in [6, 6.07) is 9.70. The highest BCUT2D eigenvalue weighted by Crippen LogP contribution is 2.32. The number of methoxy groups -OCH3 is 1. The molecule has 0 atom stereocenters. The Labute approximate surface area is 168 Å². The molecule has 4 rings (SSSR count). The van der Waals surface area contributed by atoms with Crippen molar-refractivity contribution in [2.75, 3.05) is 30.4 Å². The molecule has 3 aromatic rings. The van der Waals surface area contributed by atoms with Gasteiger partial charge in [-0.05, 0) is 43.5 Å². The number of rotatable bonds is 5. The molecule has 3 heterocycles. The average Bonchev–Trinajstić information content (AvgIpc) is 3.26. The number of aromatic nitrogens is 2. The summed E-state index contributed by atoms with van der Waals surface area (Å²) in [5.74, 6) is 0.398. The quantitative estimate of drug-likeness (QED) is 0.692. The van der Waals surface area contributed by atoms with Crippen LogP contribution in [0, 0.1) is 0 Å². The van der Waals surface area contributed by atoms with Gasteiger partial charge >= 0.3 is 0 Å². The van der Waals surface area contributed by atoms with E-state index in [1.54, 1.807) is 24.9 Å². The highest BCUT2D eigenvalue weighted by molar-refractivity contribution is 7.13. The van der Waals surface area contributed by atoms with Gasteiger partial charge in [0.15, 0.2) is 0 Å². The number of nitrogens with zero attached hydrogens (tertiary/aromatic N) is 3. The fraction of sp³-hybridized carbons (Fsp3) is 0.286. The topological polar surface area (TPSA) is 67.3 Å². The number of amides is 1. The first kappa shape index (κ1) is 18.4. The SMILES string of the molecule is COc1cc(N2CCCCC2)ccc1NC(=O)c1csc(-c2cccnc2)n1. The van der Waals surface area contributed by atoms with E-state index in [2.05, 4.69) is 20.2 Å². The number of piperidine rings is 1. The molecule has 0 aliphatic carbocycles. The van der Waals surface area contributed by atoms with Gasteiger partial charge in [0, 0.05) is 48.2 Å². The fourth-order valence-corrected chi connectivity index (χ4v) is 4.11. The molecule has 1 aromatic carbocycles. The number of benzene rings is 1. The van der Waals surface area contributed by atoms with E-state index >= 15 is 0 Å². The number of carbonyl (C=O) groups excluding carboxylic acids is 1. The summed E-state index contributed by atoms with van der Waals surface area (Å²) in [5.41, 5.74) is 3.05. The zero-order valence-electron chi connectivity index (χ0n) is 15.7. The molecule has 0 bridgehead atoms. The third-order valence-electron chi connectivity index (χ3n) is 4.80. The largest absolute Gasteiger partial charge is 0.494 e. The van der Waals surface area contributed by atoms with E-state index in [0.717, 1.165) is 29.3 Å². The number of hydrogen-bond acceptors (Lipinski definition) is 6. The van der Waals surface area contributed by atoms with Crippen molar-refractivity contribution in [3.63, 3.8) is 0 Å². The van der Waals surface area contributed by atoms with Crippen LogP contribution in [0.1, 0.15) is 29.8 Å². The van der Waals surface area contributed by atoms with Crippen LogP contribution in [0.5, 0.6) is 5.75 Å². The first-order valence-electron chi connectivity index (χ1n) is 9.35. The lowest BCUT2D eigenvalue weighted by Crippen LogP contribution is -2.29. The summed E-state index contributed by atoms with van der Waals surface area (Å²) in [6.45, 7) is 2.12. The number of ether oxygens (including phenoxy) is 1. The van der Waals surface area contributed by atoms with Gasteiger partial charge in [-0.2, -0.15) is 0 Å². The van der Waals surface area contributed by atoms with Crippen LogP contribution in [-0.2, 0) is 0 Å². The molecule has 144 valence electrons. The number of thiazole rings is 1. The predicted molar refractivity (Wildman–Crippen MR) is 112 cm³/mol. The van der Waals surface area contributed by atoms with Gasteiger partial charge in [0.1, 0.15) is 16.5 Å². The van der Waals surface area contributed by atoms with E-state index in [1.807, 2.05) is 30.3 Å². The zero-order valence-corrected chi connectivity index (χ0v) is 16.5. The van der Waals surface area contributed by atoms with Crippen LogP contribution < -0.4 is 15.0 Å². The lowest BCUT2D eigenvalue weighted by atomic mass is 10.1. The smallest absolute Gasteiger partial charge is 0.275 e. The van der Waals surface area contributed by atoms with Gasteiger partial charge in [0.2, 0.25) is 0 Å². The van der Waals surface area contributed by atoms with E-state index in [9.17, 15) is 4.79 Å². The van der Waals surface area contributed by atoms with Crippen LogP contribution >= 0.6 is 11.3 Å². The van der Waals surface area contributed by atoms with Crippen molar-refractivity contribution >= 4 is 28.6 Å². The van der Waals surface area contributed by atoms with Crippen molar-refractivity contribution in [2.24, 2.45) is 0 Å². The number of nitrogens with one attached hydrogen (secondary N) is 1. The Morgan fingerprint density at radius 2 is 2.07 bits per heavy atom. The first-order valence-corrected chi connectivity index (χ1v) is 10.2. The highest BCUT2D eigenvalue weighted by Gasteiger charge is 2.17. The van der Waals surface area contributed by atoms with Crippen LogP contribution in [0.15, 0.2) is 48.1 Å². The van der Waals surface area contributed by atoms with E-state index in [-0.39, 0.29) is 5.91 Å². The molecule has 0 spiro atoms.